The molecule has 7 heteroatoms. The van der Waals surface area contributed by atoms with E-state index >= 15 is 0 Å². The number of hydrogen-bond acceptors (Lipinski definition) is 5. The van der Waals surface area contributed by atoms with Gasteiger partial charge in [-0.05, 0) is 29.3 Å². The third-order valence-electron chi connectivity index (χ3n) is 4.80. The molecule has 2 aliphatic heterocycles. The molecular weight excluding hydrogens is 415 g/mol. The van der Waals surface area contributed by atoms with E-state index in [-0.39, 0.29) is 5.41 Å². The Morgan fingerprint density at radius 3 is 2.46 bits per heavy atom. The van der Waals surface area contributed by atoms with Gasteiger partial charge in [0.05, 0.1) is 24.6 Å². The fraction of sp³-hybridized carbons (Fsp3) is 0.333. The molecule has 4 rings (SSSR count). The van der Waals surface area contributed by atoms with Crippen molar-refractivity contribution in [3.8, 4) is 0 Å². The Bertz CT molecular complexity index is 957. The van der Waals surface area contributed by atoms with Gasteiger partial charge in [-0.3, -0.25) is 4.57 Å². The Kier molecular flexibility index (Phi) is 5.51. The van der Waals surface area contributed by atoms with Crippen LogP contribution >= 0.6 is 31.0 Å². The average molecular weight is 437 g/mol. The molecule has 1 saturated heterocycles. The van der Waals surface area contributed by atoms with Gasteiger partial charge in [-0.25, -0.2) is 0 Å². The van der Waals surface area contributed by atoms with Crippen molar-refractivity contribution >= 4 is 36.3 Å². The van der Waals surface area contributed by atoms with Crippen LogP contribution in [0.4, 0.5) is 0 Å². The summed E-state index contributed by atoms with van der Waals surface area (Å²) in [4.78, 5) is 1.75. The summed E-state index contributed by atoms with van der Waals surface area (Å²) >= 11 is 7.57. The van der Waals surface area contributed by atoms with Crippen molar-refractivity contribution in [3.63, 3.8) is 0 Å². The van der Waals surface area contributed by atoms with Gasteiger partial charge < -0.3 is 14.2 Å². The normalized spacial score (nSPS) is 25.1. The summed E-state index contributed by atoms with van der Waals surface area (Å²) in [6.07, 6.45) is -0.303. The molecule has 1 N–H and O–H groups in total. The average Bonchev–Trinajstić information content (AvgIpc) is 2.67. The molecule has 0 aliphatic carbocycles. The van der Waals surface area contributed by atoms with Gasteiger partial charge >= 0.3 is 7.60 Å². The van der Waals surface area contributed by atoms with Gasteiger partial charge in [0.15, 0.2) is 0 Å². The summed E-state index contributed by atoms with van der Waals surface area (Å²) in [6.45, 7) is 4.72. The minimum absolute atomic E-state index is 0.199. The molecule has 28 heavy (non-hydrogen) atoms. The molecule has 0 aromatic heterocycles. The highest BCUT2D eigenvalue weighted by Gasteiger charge is 2.42. The molecule has 0 radical (unpaired) electrons. The smallest absolute Gasteiger partial charge is 0.362 e. The molecule has 1 fully saturated rings. The zero-order valence-electron chi connectivity index (χ0n) is 15.7. The molecule has 2 aliphatic rings. The predicted octanol–water partition coefficient (Wildman–Crippen LogP) is 6.50. The van der Waals surface area contributed by atoms with Crippen molar-refractivity contribution < 1.29 is 18.7 Å². The highest BCUT2D eigenvalue weighted by Crippen LogP contribution is 2.67. The van der Waals surface area contributed by atoms with E-state index < -0.39 is 13.7 Å². The van der Waals surface area contributed by atoms with Crippen LogP contribution in [0.1, 0.15) is 37.5 Å². The topological polar surface area (TPSA) is 55.8 Å². The lowest BCUT2D eigenvalue weighted by Crippen LogP contribution is -2.29. The molecule has 2 aromatic carbocycles. The van der Waals surface area contributed by atoms with Crippen LogP contribution in [0.5, 0.6) is 0 Å². The SMILES string of the molecule is CC1(C)COP(=O)(/C(=C2/CC(O)c3ccccc3S2)c2ccc(Cl)cc2)OC1. The van der Waals surface area contributed by atoms with Crippen LogP contribution < -0.4 is 0 Å². The van der Waals surface area contributed by atoms with E-state index in [0.717, 1.165) is 20.9 Å². The number of halogens is 1. The van der Waals surface area contributed by atoms with Gasteiger partial charge in [-0.1, -0.05) is 67.5 Å². The predicted molar refractivity (Wildman–Crippen MR) is 114 cm³/mol. The van der Waals surface area contributed by atoms with Crippen molar-refractivity contribution in [3.05, 3.63) is 69.6 Å². The summed E-state index contributed by atoms with van der Waals surface area (Å²) < 4.78 is 25.5. The Morgan fingerprint density at radius 2 is 1.79 bits per heavy atom. The van der Waals surface area contributed by atoms with E-state index in [9.17, 15) is 9.67 Å². The molecule has 0 spiro atoms. The number of rotatable bonds is 2. The van der Waals surface area contributed by atoms with Crippen molar-refractivity contribution in [1.29, 1.82) is 0 Å². The fourth-order valence-corrected chi connectivity index (χ4v) is 7.28. The number of hydrogen-bond donors (Lipinski definition) is 1. The molecule has 1 atom stereocenters. The zero-order chi connectivity index (χ0) is 19.9. The molecule has 2 heterocycles. The van der Waals surface area contributed by atoms with Crippen molar-refractivity contribution in [2.45, 2.75) is 31.3 Å². The van der Waals surface area contributed by atoms with Crippen molar-refractivity contribution in [2.24, 2.45) is 5.41 Å². The van der Waals surface area contributed by atoms with Crippen molar-refractivity contribution in [1.82, 2.24) is 0 Å². The lowest BCUT2D eigenvalue weighted by Gasteiger charge is -2.36. The summed E-state index contributed by atoms with van der Waals surface area (Å²) in [5.41, 5.74) is 1.42. The third kappa shape index (κ3) is 3.97. The Hall–Kier alpha value is -1.07. The number of thioether (sulfide) groups is 1. The lowest BCUT2D eigenvalue weighted by molar-refractivity contribution is 0.0467. The number of aliphatic hydroxyl groups is 1. The van der Waals surface area contributed by atoms with Crippen LogP contribution in [0.3, 0.4) is 0 Å². The van der Waals surface area contributed by atoms with E-state index in [1.165, 1.54) is 11.8 Å². The fourth-order valence-electron chi connectivity index (χ4n) is 3.26. The molecule has 0 bridgehead atoms. The van der Waals surface area contributed by atoms with Gasteiger partial charge in [0, 0.05) is 26.7 Å². The number of fused-ring (bicyclic) bond motifs is 1. The summed E-state index contributed by atoms with van der Waals surface area (Å²) in [5, 5.41) is 11.8. The minimum Gasteiger partial charge on any atom is -0.388 e. The number of aliphatic hydroxyl groups excluding tert-OH is 1. The number of benzene rings is 2. The second-order valence-electron chi connectivity index (χ2n) is 7.85. The molecule has 0 amide bonds. The first-order valence-electron chi connectivity index (χ1n) is 9.11. The van der Waals surface area contributed by atoms with E-state index in [0.29, 0.717) is 30.0 Å². The standard InChI is InChI=1S/C21H22ClO4PS/c1-21(2)12-25-27(24,26-13-21)20(14-7-9-15(22)10-8-14)19-11-17(23)16-5-3-4-6-18(16)28-19/h3-10,17,23H,11-13H2,1-2H3/b20-19-. The summed E-state index contributed by atoms with van der Waals surface area (Å²) in [7, 11) is -3.54. The Morgan fingerprint density at radius 1 is 1.14 bits per heavy atom. The van der Waals surface area contributed by atoms with E-state index in [1.54, 1.807) is 12.1 Å². The molecular formula is C21H22ClO4PS. The van der Waals surface area contributed by atoms with E-state index in [4.69, 9.17) is 20.6 Å². The maximum atomic E-state index is 13.8. The first-order valence-corrected chi connectivity index (χ1v) is 11.8. The van der Waals surface area contributed by atoms with Gasteiger partial charge in [0.25, 0.3) is 0 Å². The van der Waals surface area contributed by atoms with Crippen LogP contribution in [-0.4, -0.2) is 18.3 Å². The molecule has 1 unspecified atom stereocenters. The summed E-state index contributed by atoms with van der Waals surface area (Å²) in [5.74, 6) is 0. The van der Waals surface area contributed by atoms with Gasteiger partial charge in [0.1, 0.15) is 0 Å². The third-order valence-corrected chi connectivity index (χ3v) is 8.42. The zero-order valence-corrected chi connectivity index (χ0v) is 18.2. The van der Waals surface area contributed by atoms with Crippen LogP contribution in [-0.2, 0) is 13.6 Å². The highest BCUT2D eigenvalue weighted by molar-refractivity contribution is 8.03. The van der Waals surface area contributed by atoms with Crippen LogP contribution in [0, 0.1) is 5.41 Å². The second kappa shape index (κ2) is 7.64. The summed E-state index contributed by atoms with van der Waals surface area (Å²) in [6, 6.07) is 14.9. The van der Waals surface area contributed by atoms with E-state index in [2.05, 4.69) is 0 Å². The molecule has 2 aromatic rings. The van der Waals surface area contributed by atoms with Gasteiger partial charge in [-0.15, -0.1) is 0 Å². The Labute approximate surface area is 174 Å². The van der Waals surface area contributed by atoms with Gasteiger partial charge in [0.2, 0.25) is 0 Å². The molecule has 4 nitrogen and oxygen atoms in total. The maximum Gasteiger partial charge on any atom is 0.362 e. The maximum absolute atomic E-state index is 13.8. The quantitative estimate of drug-likeness (QED) is 0.544. The first-order chi connectivity index (χ1) is 13.3. The molecule has 0 saturated carbocycles. The molecule has 148 valence electrons. The minimum atomic E-state index is -3.54. The highest BCUT2D eigenvalue weighted by atomic mass is 35.5. The largest absolute Gasteiger partial charge is 0.388 e. The second-order valence-corrected chi connectivity index (χ2v) is 11.4. The van der Waals surface area contributed by atoms with Crippen LogP contribution in [0.2, 0.25) is 5.02 Å². The first kappa shape index (κ1) is 20.2. The van der Waals surface area contributed by atoms with E-state index in [1.807, 2.05) is 50.2 Å². The monoisotopic (exact) mass is 436 g/mol. The van der Waals surface area contributed by atoms with Gasteiger partial charge in [-0.2, -0.15) is 0 Å². The Balaban J connectivity index is 1.84. The lowest BCUT2D eigenvalue weighted by atomic mass is 9.97. The van der Waals surface area contributed by atoms with Crippen molar-refractivity contribution in [2.75, 3.05) is 13.2 Å². The van der Waals surface area contributed by atoms with Crippen LogP contribution in [0.15, 0.2) is 58.3 Å². The van der Waals surface area contributed by atoms with Crippen LogP contribution in [0.25, 0.3) is 5.31 Å².